The maximum Gasteiger partial charge on any atom is 0.113 e. The zero-order valence-electron chi connectivity index (χ0n) is 10.9. The third kappa shape index (κ3) is 2.49. The van der Waals surface area contributed by atoms with Crippen molar-refractivity contribution in [1.29, 1.82) is 0 Å². The predicted molar refractivity (Wildman–Crippen MR) is 84.3 cm³/mol. The van der Waals surface area contributed by atoms with Gasteiger partial charge in [0.1, 0.15) is 5.01 Å². The highest BCUT2D eigenvalue weighted by Crippen LogP contribution is 2.40. The number of halogens is 1. The van der Waals surface area contributed by atoms with E-state index in [9.17, 15) is 0 Å². The minimum atomic E-state index is -0.178. The van der Waals surface area contributed by atoms with E-state index in [1.807, 2.05) is 0 Å². The fraction of sp³-hybridized carbons (Fsp3) is 0.400. The SMILES string of the molecule is Cc1sc(C2(N)CCCC2)nc1-c1ccc(Br)cc1. The number of aryl methyl sites for hydroxylation is 1. The lowest BCUT2D eigenvalue weighted by molar-refractivity contribution is 0.459. The Bertz CT molecular complexity index is 583. The first-order valence-electron chi connectivity index (χ1n) is 6.61. The van der Waals surface area contributed by atoms with Gasteiger partial charge in [-0.05, 0) is 31.9 Å². The summed E-state index contributed by atoms with van der Waals surface area (Å²) in [5.74, 6) is 0. The number of nitrogens with two attached hydrogens (primary N) is 1. The Morgan fingerprint density at radius 3 is 2.47 bits per heavy atom. The number of aromatic nitrogens is 1. The Morgan fingerprint density at radius 2 is 1.84 bits per heavy atom. The fourth-order valence-electron chi connectivity index (χ4n) is 2.70. The first-order chi connectivity index (χ1) is 9.08. The fourth-order valence-corrected chi connectivity index (χ4v) is 4.06. The summed E-state index contributed by atoms with van der Waals surface area (Å²) in [5, 5.41) is 1.11. The summed E-state index contributed by atoms with van der Waals surface area (Å²) in [6.07, 6.45) is 4.59. The first kappa shape index (κ1) is 13.3. The van der Waals surface area contributed by atoms with Crippen LogP contribution in [0.1, 0.15) is 35.6 Å². The molecule has 4 heteroatoms. The molecule has 1 aliphatic carbocycles. The molecule has 19 heavy (non-hydrogen) atoms. The number of thiazole rings is 1. The Balaban J connectivity index is 1.99. The highest BCUT2D eigenvalue weighted by atomic mass is 79.9. The van der Waals surface area contributed by atoms with Gasteiger partial charge in [0.15, 0.2) is 0 Å². The van der Waals surface area contributed by atoms with Gasteiger partial charge < -0.3 is 5.73 Å². The van der Waals surface area contributed by atoms with E-state index in [1.165, 1.54) is 23.3 Å². The molecule has 0 saturated heterocycles. The average molecular weight is 337 g/mol. The molecule has 1 aromatic heterocycles. The summed E-state index contributed by atoms with van der Waals surface area (Å²) >= 11 is 5.23. The second kappa shape index (κ2) is 5.00. The molecule has 2 aromatic rings. The topological polar surface area (TPSA) is 38.9 Å². The monoisotopic (exact) mass is 336 g/mol. The van der Waals surface area contributed by atoms with Crippen LogP contribution in [-0.4, -0.2) is 4.98 Å². The molecule has 0 spiro atoms. The maximum absolute atomic E-state index is 6.51. The maximum atomic E-state index is 6.51. The summed E-state index contributed by atoms with van der Waals surface area (Å²) in [4.78, 5) is 6.10. The number of hydrogen-bond acceptors (Lipinski definition) is 3. The lowest BCUT2D eigenvalue weighted by Crippen LogP contribution is -2.32. The van der Waals surface area contributed by atoms with E-state index in [0.717, 1.165) is 28.0 Å². The smallest absolute Gasteiger partial charge is 0.113 e. The van der Waals surface area contributed by atoms with Crippen LogP contribution in [0.4, 0.5) is 0 Å². The van der Waals surface area contributed by atoms with Crippen LogP contribution in [-0.2, 0) is 5.54 Å². The third-order valence-electron chi connectivity index (χ3n) is 3.84. The number of benzene rings is 1. The molecule has 0 aliphatic heterocycles. The van der Waals surface area contributed by atoms with Gasteiger partial charge in [0.25, 0.3) is 0 Å². The highest BCUT2D eigenvalue weighted by molar-refractivity contribution is 9.10. The molecular weight excluding hydrogens is 320 g/mol. The highest BCUT2D eigenvalue weighted by Gasteiger charge is 2.34. The molecule has 1 aliphatic rings. The molecular formula is C15H17BrN2S. The van der Waals surface area contributed by atoms with Crippen molar-refractivity contribution in [1.82, 2.24) is 4.98 Å². The Morgan fingerprint density at radius 1 is 1.21 bits per heavy atom. The second-order valence-corrected chi connectivity index (χ2v) is 7.41. The van der Waals surface area contributed by atoms with Crippen LogP contribution in [0.2, 0.25) is 0 Å². The minimum Gasteiger partial charge on any atom is -0.319 e. The Hall–Kier alpha value is -0.710. The van der Waals surface area contributed by atoms with Crippen LogP contribution >= 0.6 is 27.3 Å². The summed E-state index contributed by atoms with van der Waals surface area (Å²) < 4.78 is 1.09. The quantitative estimate of drug-likeness (QED) is 0.869. The van der Waals surface area contributed by atoms with Crippen molar-refractivity contribution < 1.29 is 0 Å². The van der Waals surface area contributed by atoms with Gasteiger partial charge in [0.2, 0.25) is 0 Å². The number of rotatable bonds is 2. The van der Waals surface area contributed by atoms with Gasteiger partial charge in [-0.1, -0.05) is 40.9 Å². The van der Waals surface area contributed by atoms with Gasteiger partial charge in [0.05, 0.1) is 11.2 Å². The largest absolute Gasteiger partial charge is 0.319 e. The minimum absolute atomic E-state index is 0.178. The van der Waals surface area contributed by atoms with Crippen LogP contribution in [0.15, 0.2) is 28.7 Å². The van der Waals surface area contributed by atoms with E-state index in [-0.39, 0.29) is 5.54 Å². The molecule has 0 unspecified atom stereocenters. The molecule has 0 atom stereocenters. The van der Waals surface area contributed by atoms with E-state index in [1.54, 1.807) is 11.3 Å². The average Bonchev–Trinajstić information content (AvgIpc) is 2.98. The van der Waals surface area contributed by atoms with Gasteiger partial charge in [-0.2, -0.15) is 0 Å². The molecule has 1 saturated carbocycles. The van der Waals surface area contributed by atoms with Crippen LogP contribution in [0.25, 0.3) is 11.3 Å². The van der Waals surface area contributed by atoms with E-state index >= 15 is 0 Å². The number of hydrogen-bond donors (Lipinski definition) is 1. The van der Waals surface area contributed by atoms with Crippen LogP contribution in [0, 0.1) is 6.92 Å². The molecule has 0 bridgehead atoms. The standard InChI is InChI=1S/C15H17BrN2S/c1-10-13(11-4-6-12(16)7-5-11)18-14(19-10)15(17)8-2-3-9-15/h4-7H,2-3,8-9,17H2,1H3. The Kier molecular flexibility index (Phi) is 3.50. The molecule has 100 valence electrons. The summed E-state index contributed by atoms with van der Waals surface area (Å²) in [6.45, 7) is 2.14. The first-order valence-corrected chi connectivity index (χ1v) is 8.22. The van der Waals surface area contributed by atoms with E-state index in [2.05, 4.69) is 47.1 Å². The second-order valence-electron chi connectivity index (χ2n) is 5.29. The van der Waals surface area contributed by atoms with Crippen LogP contribution in [0.5, 0.6) is 0 Å². The zero-order valence-corrected chi connectivity index (χ0v) is 13.4. The number of nitrogens with zero attached hydrogens (tertiary/aromatic N) is 1. The molecule has 2 nitrogen and oxygen atoms in total. The predicted octanol–water partition coefficient (Wildman–Crippen LogP) is 4.61. The molecule has 3 rings (SSSR count). The van der Waals surface area contributed by atoms with Gasteiger partial charge >= 0.3 is 0 Å². The molecule has 1 fully saturated rings. The molecule has 0 amide bonds. The van der Waals surface area contributed by atoms with Crippen LogP contribution < -0.4 is 5.73 Å². The lowest BCUT2D eigenvalue weighted by atomic mass is 10.0. The Labute approximate surface area is 126 Å². The molecule has 1 aromatic carbocycles. The van der Waals surface area contributed by atoms with Crippen molar-refractivity contribution in [2.24, 2.45) is 5.73 Å². The third-order valence-corrected chi connectivity index (χ3v) is 5.56. The van der Waals surface area contributed by atoms with Gasteiger partial charge in [0, 0.05) is 14.9 Å². The van der Waals surface area contributed by atoms with Crippen molar-refractivity contribution >= 4 is 27.3 Å². The van der Waals surface area contributed by atoms with Gasteiger partial charge in [-0.3, -0.25) is 0 Å². The van der Waals surface area contributed by atoms with E-state index in [4.69, 9.17) is 10.7 Å². The van der Waals surface area contributed by atoms with Gasteiger partial charge in [-0.25, -0.2) is 4.98 Å². The van der Waals surface area contributed by atoms with Crippen molar-refractivity contribution in [3.63, 3.8) is 0 Å². The van der Waals surface area contributed by atoms with E-state index < -0.39 is 0 Å². The molecule has 2 N–H and O–H groups in total. The summed E-state index contributed by atoms with van der Waals surface area (Å²) in [7, 11) is 0. The van der Waals surface area contributed by atoms with E-state index in [0.29, 0.717) is 0 Å². The van der Waals surface area contributed by atoms with Crippen LogP contribution in [0.3, 0.4) is 0 Å². The van der Waals surface area contributed by atoms with Crippen molar-refractivity contribution in [3.8, 4) is 11.3 Å². The molecule has 0 radical (unpaired) electrons. The van der Waals surface area contributed by atoms with Crippen molar-refractivity contribution in [2.45, 2.75) is 38.1 Å². The summed E-state index contributed by atoms with van der Waals surface area (Å²) in [6, 6.07) is 8.32. The van der Waals surface area contributed by atoms with Crippen molar-refractivity contribution in [3.05, 3.63) is 38.6 Å². The van der Waals surface area contributed by atoms with Crippen molar-refractivity contribution in [2.75, 3.05) is 0 Å². The van der Waals surface area contributed by atoms with Gasteiger partial charge in [-0.15, -0.1) is 11.3 Å². The summed E-state index contributed by atoms with van der Waals surface area (Å²) in [5.41, 5.74) is 8.59. The normalized spacial score (nSPS) is 17.8. The molecule has 1 heterocycles. The lowest BCUT2D eigenvalue weighted by Gasteiger charge is -2.19. The zero-order chi connectivity index (χ0) is 13.5.